The molecule has 0 aliphatic carbocycles. The molecule has 108 valence electrons. The molecule has 2 saturated heterocycles. The van der Waals surface area contributed by atoms with Crippen molar-refractivity contribution in [3.05, 3.63) is 30.1 Å². The van der Waals surface area contributed by atoms with Crippen molar-refractivity contribution in [2.45, 2.75) is 37.3 Å². The third kappa shape index (κ3) is 2.26. The molecular weight excluding hydrogens is 257 g/mol. The maximum absolute atomic E-state index is 13.8. The predicted molar refractivity (Wildman–Crippen MR) is 75.8 cm³/mol. The number of carbonyl (C=O) groups excluding carboxylic acids is 1. The number of piperidine rings is 1. The van der Waals surface area contributed by atoms with Gasteiger partial charge in [0.15, 0.2) is 0 Å². The molecule has 2 aliphatic rings. The highest BCUT2D eigenvalue weighted by molar-refractivity contribution is 5.88. The summed E-state index contributed by atoms with van der Waals surface area (Å²) in [7, 11) is 0. The summed E-state index contributed by atoms with van der Waals surface area (Å²) >= 11 is 0. The van der Waals surface area contributed by atoms with Crippen molar-refractivity contribution in [3.8, 4) is 0 Å². The molecule has 2 heterocycles. The van der Waals surface area contributed by atoms with Crippen molar-refractivity contribution < 1.29 is 9.18 Å². The lowest BCUT2D eigenvalue weighted by atomic mass is 9.82. The highest BCUT2D eigenvalue weighted by Crippen LogP contribution is 2.35. The third-order valence-electron chi connectivity index (χ3n) is 4.63. The molecule has 0 radical (unpaired) electrons. The van der Waals surface area contributed by atoms with Crippen molar-refractivity contribution in [2.24, 2.45) is 5.73 Å². The van der Waals surface area contributed by atoms with Gasteiger partial charge in [-0.1, -0.05) is 12.1 Å². The van der Waals surface area contributed by atoms with Gasteiger partial charge < -0.3 is 16.0 Å². The summed E-state index contributed by atoms with van der Waals surface area (Å²) in [6, 6.07) is 6.82. The van der Waals surface area contributed by atoms with Gasteiger partial charge in [0.25, 0.3) is 0 Å². The molecule has 1 aromatic carbocycles. The zero-order chi connectivity index (χ0) is 14.2. The second-order valence-electron chi connectivity index (χ2n) is 5.84. The van der Waals surface area contributed by atoms with Gasteiger partial charge in [-0.15, -0.1) is 0 Å². The highest BCUT2D eigenvalue weighted by Gasteiger charge is 2.45. The van der Waals surface area contributed by atoms with E-state index < -0.39 is 5.54 Å². The van der Waals surface area contributed by atoms with Crippen LogP contribution in [0.2, 0.25) is 0 Å². The highest BCUT2D eigenvalue weighted by atomic mass is 19.1. The van der Waals surface area contributed by atoms with Gasteiger partial charge in [-0.05, 0) is 44.4 Å². The molecule has 2 fully saturated rings. The lowest BCUT2D eigenvalue weighted by Gasteiger charge is -2.43. The predicted octanol–water partition coefficient (Wildman–Crippen LogP) is 1.72. The molecule has 1 amide bonds. The number of anilines is 1. The quantitative estimate of drug-likeness (QED) is 0.884. The number of nitrogens with two attached hydrogens (primary N) is 1. The van der Waals surface area contributed by atoms with Crippen LogP contribution in [0.3, 0.4) is 0 Å². The monoisotopic (exact) mass is 277 g/mol. The Hall–Kier alpha value is -1.62. The number of para-hydroxylation sites is 1. The van der Waals surface area contributed by atoms with Gasteiger partial charge >= 0.3 is 0 Å². The van der Waals surface area contributed by atoms with Gasteiger partial charge in [0.1, 0.15) is 11.4 Å². The number of primary amides is 1. The molecule has 4 nitrogen and oxygen atoms in total. The van der Waals surface area contributed by atoms with Gasteiger partial charge in [0, 0.05) is 12.6 Å². The number of nitrogens with one attached hydrogen (secondary N) is 1. The summed E-state index contributed by atoms with van der Waals surface area (Å²) in [6.45, 7) is 1.94. The Labute approximate surface area is 118 Å². The van der Waals surface area contributed by atoms with Gasteiger partial charge in [-0.25, -0.2) is 4.39 Å². The Morgan fingerprint density at radius 2 is 2.20 bits per heavy atom. The van der Waals surface area contributed by atoms with Crippen molar-refractivity contribution >= 4 is 11.6 Å². The van der Waals surface area contributed by atoms with Crippen molar-refractivity contribution in [1.82, 2.24) is 4.90 Å². The van der Waals surface area contributed by atoms with Crippen molar-refractivity contribution in [2.75, 3.05) is 18.4 Å². The average molecular weight is 277 g/mol. The van der Waals surface area contributed by atoms with E-state index in [-0.39, 0.29) is 11.7 Å². The molecule has 0 spiro atoms. The van der Waals surface area contributed by atoms with Crippen LogP contribution in [0.5, 0.6) is 0 Å². The van der Waals surface area contributed by atoms with Crippen LogP contribution >= 0.6 is 0 Å². The summed E-state index contributed by atoms with van der Waals surface area (Å²) in [5, 5.41) is 3.10. The molecule has 0 aromatic heterocycles. The molecule has 2 aliphatic heterocycles. The van der Waals surface area contributed by atoms with E-state index in [1.54, 1.807) is 18.2 Å². The van der Waals surface area contributed by atoms with Gasteiger partial charge in [0.05, 0.1) is 5.69 Å². The standard InChI is InChI=1S/C15H20FN3O/c16-12-5-1-2-6-13(12)18-15(14(17)20)7-9-19-8-3-4-11(19)10-15/h1-2,5-6,11,18H,3-4,7-10H2,(H2,17,20). The van der Waals surface area contributed by atoms with Crippen molar-refractivity contribution in [1.29, 1.82) is 0 Å². The maximum atomic E-state index is 13.8. The Kier molecular flexibility index (Phi) is 3.38. The van der Waals surface area contributed by atoms with Crippen LogP contribution in [-0.4, -0.2) is 35.5 Å². The fourth-order valence-electron chi connectivity index (χ4n) is 3.48. The summed E-state index contributed by atoms with van der Waals surface area (Å²) in [4.78, 5) is 14.4. The zero-order valence-corrected chi connectivity index (χ0v) is 11.4. The molecule has 2 atom stereocenters. The summed E-state index contributed by atoms with van der Waals surface area (Å²) in [5.74, 6) is -0.728. The number of halogens is 1. The maximum Gasteiger partial charge on any atom is 0.243 e. The minimum absolute atomic E-state index is 0.345. The van der Waals surface area contributed by atoms with Gasteiger partial charge in [-0.2, -0.15) is 0 Å². The van der Waals surface area contributed by atoms with E-state index in [1.807, 2.05) is 0 Å². The number of nitrogens with zero attached hydrogens (tertiary/aromatic N) is 1. The Bertz CT molecular complexity index is 522. The molecule has 2 unspecified atom stereocenters. The first-order chi connectivity index (χ1) is 9.61. The SMILES string of the molecule is NC(=O)C1(Nc2ccccc2F)CCN2CCCC2C1. The van der Waals surface area contributed by atoms with Gasteiger partial charge in [0.2, 0.25) is 5.91 Å². The third-order valence-corrected chi connectivity index (χ3v) is 4.63. The molecule has 20 heavy (non-hydrogen) atoms. The Balaban J connectivity index is 1.85. The summed E-state index contributed by atoms with van der Waals surface area (Å²) in [5.41, 5.74) is 5.17. The summed E-state index contributed by atoms with van der Waals surface area (Å²) in [6.07, 6.45) is 3.55. The number of rotatable bonds is 3. The number of hydrogen-bond donors (Lipinski definition) is 2. The molecule has 1 aromatic rings. The molecule has 0 saturated carbocycles. The van der Waals surface area contributed by atoms with E-state index in [2.05, 4.69) is 10.2 Å². The summed E-state index contributed by atoms with van der Waals surface area (Å²) < 4.78 is 13.8. The number of amides is 1. The fourth-order valence-corrected chi connectivity index (χ4v) is 3.48. The van der Waals surface area contributed by atoms with Crippen LogP contribution in [0.15, 0.2) is 24.3 Å². The van der Waals surface area contributed by atoms with E-state index in [1.165, 1.54) is 12.5 Å². The van der Waals surface area contributed by atoms with E-state index >= 15 is 0 Å². The molecule has 3 rings (SSSR count). The van der Waals surface area contributed by atoms with Gasteiger partial charge in [-0.3, -0.25) is 4.79 Å². The van der Waals surface area contributed by atoms with Crippen molar-refractivity contribution in [3.63, 3.8) is 0 Å². The number of carbonyl (C=O) groups is 1. The second kappa shape index (κ2) is 5.05. The first-order valence-corrected chi connectivity index (χ1v) is 7.17. The van der Waals surface area contributed by atoms with Crippen LogP contribution in [0, 0.1) is 5.82 Å². The van der Waals surface area contributed by atoms with Crippen LogP contribution in [-0.2, 0) is 4.79 Å². The Morgan fingerprint density at radius 1 is 1.40 bits per heavy atom. The minimum atomic E-state index is -0.826. The lowest BCUT2D eigenvalue weighted by molar-refractivity contribution is -0.124. The number of fused-ring (bicyclic) bond motifs is 1. The Morgan fingerprint density at radius 3 is 2.95 bits per heavy atom. The fraction of sp³-hybridized carbons (Fsp3) is 0.533. The first-order valence-electron chi connectivity index (χ1n) is 7.17. The van der Waals surface area contributed by atoms with Crippen LogP contribution in [0.4, 0.5) is 10.1 Å². The van der Waals surface area contributed by atoms with E-state index in [4.69, 9.17) is 5.73 Å². The lowest BCUT2D eigenvalue weighted by Crippen LogP contribution is -2.59. The topological polar surface area (TPSA) is 58.4 Å². The zero-order valence-electron chi connectivity index (χ0n) is 11.4. The largest absolute Gasteiger partial charge is 0.369 e. The molecule has 0 bridgehead atoms. The smallest absolute Gasteiger partial charge is 0.243 e. The number of benzene rings is 1. The normalized spacial score (nSPS) is 29.9. The second-order valence-corrected chi connectivity index (χ2v) is 5.84. The minimum Gasteiger partial charge on any atom is -0.369 e. The molecular formula is C15H20FN3O. The van der Waals surface area contributed by atoms with Crippen LogP contribution in [0.25, 0.3) is 0 Å². The van der Waals surface area contributed by atoms with Crippen LogP contribution in [0.1, 0.15) is 25.7 Å². The average Bonchev–Trinajstić information content (AvgIpc) is 2.88. The van der Waals surface area contributed by atoms with E-state index in [0.29, 0.717) is 24.6 Å². The van der Waals surface area contributed by atoms with E-state index in [9.17, 15) is 9.18 Å². The first kappa shape index (κ1) is 13.4. The number of hydrogen-bond acceptors (Lipinski definition) is 3. The molecule has 5 heteroatoms. The molecule has 3 N–H and O–H groups in total. The van der Waals surface area contributed by atoms with E-state index in [0.717, 1.165) is 19.5 Å². The van der Waals surface area contributed by atoms with Crippen LogP contribution < -0.4 is 11.1 Å².